The first-order valence-corrected chi connectivity index (χ1v) is 7.42. The van der Waals surface area contributed by atoms with Crippen LogP contribution in [0.3, 0.4) is 0 Å². The summed E-state index contributed by atoms with van der Waals surface area (Å²) in [6.07, 6.45) is 0. The molecule has 2 aromatic carbocycles. The van der Waals surface area contributed by atoms with Crippen LogP contribution in [0.2, 0.25) is 0 Å². The topological polar surface area (TPSA) is 115 Å². The van der Waals surface area contributed by atoms with Gasteiger partial charge in [-0.3, -0.25) is 14.8 Å². The maximum atomic E-state index is 12.4. The van der Waals surface area contributed by atoms with Crippen LogP contribution in [-0.4, -0.2) is 13.3 Å². The average molecular weight is 307 g/mol. The van der Waals surface area contributed by atoms with Crippen LogP contribution in [0.15, 0.2) is 47.4 Å². The van der Waals surface area contributed by atoms with Crippen LogP contribution in [0.1, 0.15) is 5.56 Å². The molecule has 0 atom stereocenters. The van der Waals surface area contributed by atoms with E-state index in [-0.39, 0.29) is 5.69 Å². The number of nitro benzene ring substituents is 1. The Morgan fingerprint density at radius 1 is 1.14 bits per heavy atom. The summed E-state index contributed by atoms with van der Waals surface area (Å²) in [5.41, 5.74) is 5.74. The number of aryl methyl sites for hydroxylation is 1. The molecule has 8 heteroatoms. The van der Waals surface area contributed by atoms with Gasteiger partial charge >= 0.3 is 5.69 Å². The van der Waals surface area contributed by atoms with E-state index >= 15 is 0 Å². The zero-order chi connectivity index (χ0) is 15.6. The largest absolute Gasteiger partial charge is 0.393 e. The van der Waals surface area contributed by atoms with E-state index in [1.165, 1.54) is 12.1 Å². The van der Waals surface area contributed by atoms with Crippen LogP contribution in [-0.2, 0) is 10.0 Å². The molecule has 0 heterocycles. The molecular weight excluding hydrogens is 294 g/mol. The van der Waals surface area contributed by atoms with Crippen molar-refractivity contribution in [1.82, 2.24) is 0 Å². The molecule has 2 rings (SSSR count). The van der Waals surface area contributed by atoms with Crippen LogP contribution in [0, 0.1) is 17.0 Å². The van der Waals surface area contributed by atoms with Gasteiger partial charge in [0.1, 0.15) is 5.69 Å². The van der Waals surface area contributed by atoms with Crippen molar-refractivity contribution in [3.63, 3.8) is 0 Å². The van der Waals surface area contributed by atoms with Crippen LogP contribution in [0.25, 0.3) is 0 Å². The van der Waals surface area contributed by atoms with Crippen LogP contribution >= 0.6 is 0 Å². The normalized spacial score (nSPS) is 11.1. The van der Waals surface area contributed by atoms with E-state index in [9.17, 15) is 18.5 Å². The highest BCUT2D eigenvalue weighted by molar-refractivity contribution is 7.92. The third kappa shape index (κ3) is 2.95. The number of para-hydroxylation sites is 2. The van der Waals surface area contributed by atoms with Gasteiger partial charge in [-0.25, -0.2) is 8.42 Å². The molecular formula is C13H13N3O4S. The Balaban J connectivity index is 2.53. The number of nitrogens with one attached hydrogen (secondary N) is 1. The first-order chi connectivity index (χ1) is 9.83. The minimum Gasteiger partial charge on any atom is -0.393 e. The number of benzene rings is 2. The van der Waals surface area contributed by atoms with Gasteiger partial charge in [0.25, 0.3) is 10.0 Å². The summed E-state index contributed by atoms with van der Waals surface area (Å²) in [6.45, 7) is 1.73. The average Bonchev–Trinajstić information content (AvgIpc) is 2.40. The number of nitrogens with two attached hydrogens (primary N) is 1. The van der Waals surface area contributed by atoms with Crippen LogP contribution in [0.5, 0.6) is 0 Å². The monoisotopic (exact) mass is 307 g/mol. The Hall–Kier alpha value is -2.61. The molecule has 0 aliphatic heterocycles. The Bertz CT molecular complexity index is 803. The fraction of sp³-hybridized carbons (Fsp3) is 0.0769. The van der Waals surface area contributed by atoms with Crippen molar-refractivity contribution in [3.05, 3.63) is 58.1 Å². The second-order valence-corrected chi connectivity index (χ2v) is 6.02. The van der Waals surface area contributed by atoms with Gasteiger partial charge in [0.15, 0.2) is 4.90 Å². The van der Waals surface area contributed by atoms with E-state index in [2.05, 4.69) is 4.72 Å². The fourth-order valence-corrected chi connectivity index (χ4v) is 3.17. The maximum absolute atomic E-state index is 12.4. The van der Waals surface area contributed by atoms with Gasteiger partial charge in [-0.15, -0.1) is 0 Å². The van der Waals surface area contributed by atoms with E-state index in [4.69, 9.17) is 5.73 Å². The summed E-state index contributed by atoms with van der Waals surface area (Å²) >= 11 is 0. The van der Waals surface area contributed by atoms with Crippen molar-refractivity contribution in [2.24, 2.45) is 0 Å². The van der Waals surface area contributed by atoms with Crippen molar-refractivity contribution >= 4 is 27.1 Å². The van der Waals surface area contributed by atoms with E-state index < -0.39 is 25.5 Å². The van der Waals surface area contributed by atoms with Gasteiger partial charge in [0, 0.05) is 0 Å². The number of hydrogen-bond acceptors (Lipinski definition) is 5. The first kappa shape index (κ1) is 14.8. The quantitative estimate of drug-likeness (QED) is 0.511. The molecule has 0 fully saturated rings. The Kier molecular flexibility index (Phi) is 3.81. The molecule has 3 N–H and O–H groups in total. The Morgan fingerprint density at radius 2 is 1.81 bits per heavy atom. The lowest BCUT2D eigenvalue weighted by molar-refractivity contribution is -0.386. The van der Waals surface area contributed by atoms with Gasteiger partial charge in [-0.05, 0) is 30.7 Å². The summed E-state index contributed by atoms with van der Waals surface area (Å²) in [6, 6.07) is 10.5. The molecule has 110 valence electrons. The van der Waals surface area contributed by atoms with Gasteiger partial charge in [0.05, 0.1) is 10.6 Å². The number of rotatable bonds is 4. The van der Waals surface area contributed by atoms with Crippen molar-refractivity contribution < 1.29 is 13.3 Å². The number of anilines is 2. The fourth-order valence-electron chi connectivity index (χ4n) is 1.84. The summed E-state index contributed by atoms with van der Waals surface area (Å²) in [4.78, 5) is 9.78. The standard InChI is InChI=1S/C13H13N3O4S/c1-9-5-2-3-7-11(9)15-21(19,20)12-8-4-6-10(14)13(12)16(17)18/h2-8,15H,14H2,1H3. The first-order valence-electron chi connectivity index (χ1n) is 5.94. The predicted molar refractivity (Wildman–Crippen MR) is 79.5 cm³/mol. The highest BCUT2D eigenvalue weighted by atomic mass is 32.2. The van der Waals surface area contributed by atoms with Gasteiger partial charge in [0.2, 0.25) is 0 Å². The second kappa shape index (κ2) is 5.41. The predicted octanol–water partition coefficient (Wildman–Crippen LogP) is 2.29. The van der Waals surface area contributed by atoms with Crippen molar-refractivity contribution in [2.75, 3.05) is 10.5 Å². The van der Waals surface area contributed by atoms with Crippen molar-refractivity contribution in [3.8, 4) is 0 Å². The second-order valence-electron chi connectivity index (χ2n) is 4.37. The van der Waals surface area contributed by atoms with Gasteiger partial charge < -0.3 is 5.73 Å². The molecule has 0 saturated heterocycles. The van der Waals surface area contributed by atoms with Gasteiger partial charge in [-0.1, -0.05) is 24.3 Å². The SMILES string of the molecule is Cc1ccccc1NS(=O)(=O)c1cccc(N)c1[N+](=O)[O-]. The molecule has 0 aliphatic rings. The molecule has 0 aliphatic carbocycles. The van der Waals surface area contributed by atoms with E-state index in [0.717, 1.165) is 6.07 Å². The third-order valence-corrected chi connectivity index (χ3v) is 4.29. The zero-order valence-corrected chi connectivity index (χ0v) is 11.9. The lowest BCUT2D eigenvalue weighted by Gasteiger charge is -2.11. The summed E-state index contributed by atoms with van der Waals surface area (Å²) < 4.78 is 27.1. The molecule has 2 aromatic rings. The van der Waals surface area contributed by atoms with Crippen molar-refractivity contribution in [1.29, 1.82) is 0 Å². The van der Waals surface area contributed by atoms with E-state index in [1.807, 2.05) is 0 Å². The molecule has 0 amide bonds. The highest BCUT2D eigenvalue weighted by Gasteiger charge is 2.28. The number of nitro groups is 1. The Labute approximate surface area is 121 Å². The molecule has 0 bridgehead atoms. The molecule has 0 spiro atoms. The van der Waals surface area contributed by atoms with Gasteiger partial charge in [-0.2, -0.15) is 0 Å². The number of nitrogen functional groups attached to an aromatic ring is 1. The molecule has 0 unspecified atom stereocenters. The zero-order valence-electron chi connectivity index (χ0n) is 11.1. The van der Waals surface area contributed by atoms with E-state index in [0.29, 0.717) is 11.3 Å². The number of nitrogens with zero attached hydrogens (tertiary/aromatic N) is 1. The molecule has 0 aromatic heterocycles. The lowest BCUT2D eigenvalue weighted by Crippen LogP contribution is -2.16. The molecule has 0 saturated carbocycles. The van der Waals surface area contributed by atoms with Crippen LogP contribution in [0.4, 0.5) is 17.1 Å². The van der Waals surface area contributed by atoms with Crippen molar-refractivity contribution in [2.45, 2.75) is 11.8 Å². The summed E-state index contributed by atoms with van der Waals surface area (Å²) in [5, 5.41) is 11.0. The summed E-state index contributed by atoms with van der Waals surface area (Å²) in [5.74, 6) is 0. The Morgan fingerprint density at radius 3 is 2.43 bits per heavy atom. The maximum Gasteiger partial charge on any atom is 0.312 e. The lowest BCUT2D eigenvalue weighted by atomic mass is 10.2. The third-order valence-electron chi connectivity index (χ3n) is 2.89. The molecule has 21 heavy (non-hydrogen) atoms. The highest BCUT2D eigenvalue weighted by Crippen LogP contribution is 2.31. The number of hydrogen-bond donors (Lipinski definition) is 2. The smallest absolute Gasteiger partial charge is 0.312 e. The molecule has 0 radical (unpaired) electrons. The van der Waals surface area contributed by atoms with Crippen LogP contribution < -0.4 is 10.5 Å². The number of sulfonamides is 1. The van der Waals surface area contributed by atoms with E-state index in [1.54, 1.807) is 31.2 Å². The summed E-state index contributed by atoms with van der Waals surface area (Å²) in [7, 11) is -4.11. The minimum absolute atomic E-state index is 0.201. The minimum atomic E-state index is -4.11. The molecule has 7 nitrogen and oxygen atoms in total.